The first-order chi connectivity index (χ1) is 13.7. The van der Waals surface area contributed by atoms with E-state index in [1.165, 1.54) is 37.7 Å². The number of hydrogen-bond donors (Lipinski definition) is 1. The average Bonchev–Trinajstić information content (AvgIpc) is 2.75. The van der Waals surface area contributed by atoms with Crippen molar-refractivity contribution in [1.82, 2.24) is 9.88 Å². The fourth-order valence-corrected chi connectivity index (χ4v) is 5.12. The molecule has 2 fully saturated rings. The maximum absolute atomic E-state index is 12.1. The summed E-state index contributed by atoms with van der Waals surface area (Å²) < 4.78 is 0. The van der Waals surface area contributed by atoms with Gasteiger partial charge in [0.2, 0.25) is 0 Å². The molecule has 0 radical (unpaired) electrons. The van der Waals surface area contributed by atoms with E-state index >= 15 is 0 Å². The van der Waals surface area contributed by atoms with Crippen molar-refractivity contribution < 1.29 is 4.79 Å². The summed E-state index contributed by atoms with van der Waals surface area (Å²) in [5.41, 5.74) is 4.07. The van der Waals surface area contributed by atoms with Gasteiger partial charge >= 0.3 is 0 Å². The zero-order valence-electron chi connectivity index (χ0n) is 16.8. The minimum atomic E-state index is 0.0239. The lowest BCUT2D eigenvalue weighted by molar-refractivity contribution is 0.109. The molecule has 1 N–H and O–H groups in total. The number of benzene rings is 1. The number of nitrogens with one attached hydrogen (secondary N) is 1. The fraction of sp³-hybridized carbons (Fsp3) is 0.542. The lowest BCUT2D eigenvalue weighted by Gasteiger charge is -2.41. The number of nitrogens with zero attached hydrogens (tertiary/aromatic N) is 1. The van der Waals surface area contributed by atoms with Crippen LogP contribution in [0.1, 0.15) is 69.0 Å². The molecule has 1 aromatic heterocycles. The van der Waals surface area contributed by atoms with Crippen molar-refractivity contribution in [2.45, 2.75) is 64.3 Å². The van der Waals surface area contributed by atoms with Crippen molar-refractivity contribution in [2.75, 3.05) is 13.1 Å². The summed E-state index contributed by atoms with van der Waals surface area (Å²) in [5, 5.41) is 1.13. The van der Waals surface area contributed by atoms with Crippen molar-refractivity contribution in [3.63, 3.8) is 0 Å². The zero-order chi connectivity index (χ0) is 19.5. The van der Waals surface area contributed by atoms with Crippen LogP contribution in [0.2, 0.25) is 0 Å². The molecule has 4 rings (SSSR count). The van der Waals surface area contributed by atoms with E-state index in [0.29, 0.717) is 12.0 Å². The highest BCUT2D eigenvalue weighted by Gasteiger charge is 2.32. The molecule has 4 heteroatoms. The van der Waals surface area contributed by atoms with Crippen LogP contribution in [0.15, 0.2) is 34.6 Å². The molecule has 1 atom stereocenters. The van der Waals surface area contributed by atoms with E-state index < -0.39 is 0 Å². The maximum Gasteiger partial charge on any atom is 0.251 e. The summed E-state index contributed by atoms with van der Waals surface area (Å²) in [6.07, 6.45) is 8.96. The van der Waals surface area contributed by atoms with Gasteiger partial charge in [0, 0.05) is 35.8 Å². The largest absolute Gasteiger partial charge is 0.322 e. The van der Waals surface area contributed by atoms with Gasteiger partial charge in [-0.05, 0) is 67.2 Å². The smallest absolute Gasteiger partial charge is 0.251 e. The third-order valence-electron chi connectivity index (χ3n) is 6.70. The Morgan fingerprint density at radius 1 is 1.14 bits per heavy atom. The Labute approximate surface area is 166 Å². The monoisotopic (exact) mass is 378 g/mol. The molecule has 2 aromatic rings. The molecule has 0 bridgehead atoms. The van der Waals surface area contributed by atoms with Crippen LogP contribution in [0.4, 0.5) is 0 Å². The van der Waals surface area contributed by atoms with Gasteiger partial charge in [0.05, 0.1) is 0 Å². The second-order valence-electron chi connectivity index (χ2n) is 8.41. The highest BCUT2D eigenvalue weighted by atomic mass is 16.1. The predicted octanol–water partition coefficient (Wildman–Crippen LogP) is 4.57. The van der Waals surface area contributed by atoms with E-state index in [0.717, 1.165) is 54.4 Å². The van der Waals surface area contributed by atoms with Gasteiger partial charge in [-0.1, -0.05) is 32.3 Å². The number of aromatic nitrogens is 1. The number of H-pyrrole nitrogens is 1. The molecule has 1 unspecified atom stereocenters. The first kappa shape index (κ1) is 19.2. The van der Waals surface area contributed by atoms with Gasteiger partial charge < -0.3 is 4.98 Å². The molecule has 1 saturated carbocycles. The van der Waals surface area contributed by atoms with Crippen LogP contribution in [-0.4, -0.2) is 28.9 Å². The van der Waals surface area contributed by atoms with E-state index in [9.17, 15) is 9.59 Å². The lowest BCUT2D eigenvalue weighted by atomic mass is 9.79. The normalized spacial score (nSPS) is 20.2. The van der Waals surface area contributed by atoms with E-state index in [-0.39, 0.29) is 5.56 Å². The molecule has 2 aliphatic rings. The van der Waals surface area contributed by atoms with Gasteiger partial charge in [-0.3, -0.25) is 9.69 Å². The Bertz CT molecular complexity index is 939. The topological polar surface area (TPSA) is 53.2 Å². The third-order valence-corrected chi connectivity index (χ3v) is 6.70. The van der Waals surface area contributed by atoms with Crippen LogP contribution in [0.25, 0.3) is 10.9 Å². The van der Waals surface area contributed by atoms with Crippen molar-refractivity contribution in [3.8, 4) is 0 Å². The van der Waals surface area contributed by atoms with Crippen molar-refractivity contribution in [2.24, 2.45) is 5.92 Å². The van der Waals surface area contributed by atoms with Crippen molar-refractivity contribution in [3.05, 3.63) is 51.3 Å². The second kappa shape index (κ2) is 8.46. The molecule has 148 valence electrons. The summed E-state index contributed by atoms with van der Waals surface area (Å²) in [6, 6.07) is 9.01. The predicted molar refractivity (Wildman–Crippen MR) is 113 cm³/mol. The number of rotatable bonds is 4. The van der Waals surface area contributed by atoms with Gasteiger partial charge in [0.25, 0.3) is 5.56 Å². The highest BCUT2D eigenvalue weighted by molar-refractivity contribution is 5.79. The molecular formula is C24H30N2O2. The van der Waals surface area contributed by atoms with Gasteiger partial charge in [-0.2, -0.15) is 0 Å². The van der Waals surface area contributed by atoms with Crippen LogP contribution in [0, 0.1) is 5.92 Å². The number of hydrogen-bond acceptors (Lipinski definition) is 3. The highest BCUT2D eigenvalue weighted by Crippen LogP contribution is 2.40. The number of fused-ring (bicyclic) bond motifs is 1. The number of piperidine rings is 1. The Hall–Kier alpha value is -2.16. The lowest BCUT2D eigenvalue weighted by Crippen LogP contribution is -2.39. The average molecular weight is 379 g/mol. The molecule has 2 heterocycles. The number of pyridine rings is 1. The van der Waals surface area contributed by atoms with Gasteiger partial charge in [-0.15, -0.1) is 0 Å². The molecule has 1 aromatic carbocycles. The van der Waals surface area contributed by atoms with Gasteiger partial charge in [-0.25, -0.2) is 4.79 Å². The maximum atomic E-state index is 12.1. The molecular weight excluding hydrogens is 348 g/mol. The SMILES string of the molecule is CCc1cc2cc(C(C3CCCCC3)N3CCC(=C=O)CC3)ccc2[nH]c1=O. The Morgan fingerprint density at radius 3 is 2.57 bits per heavy atom. The zero-order valence-corrected chi connectivity index (χ0v) is 16.8. The van der Waals surface area contributed by atoms with Crippen LogP contribution >= 0.6 is 0 Å². The molecule has 0 amide bonds. The molecule has 28 heavy (non-hydrogen) atoms. The summed E-state index contributed by atoms with van der Waals surface area (Å²) in [7, 11) is 0. The number of aromatic amines is 1. The Balaban J connectivity index is 1.71. The van der Waals surface area contributed by atoms with E-state index in [1.807, 2.05) is 6.92 Å². The first-order valence-electron chi connectivity index (χ1n) is 10.8. The minimum Gasteiger partial charge on any atom is -0.322 e. The first-order valence-corrected chi connectivity index (χ1v) is 10.8. The minimum absolute atomic E-state index is 0.0239. The van der Waals surface area contributed by atoms with Crippen LogP contribution in [-0.2, 0) is 11.2 Å². The van der Waals surface area contributed by atoms with Crippen molar-refractivity contribution in [1.29, 1.82) is 0 Å². The van der Waals surface area contributed by atoms with Gasteiger partial charge in [0.1, 0.15) is 5.94 Å². The van der Waals surface area contributed by atoms with E-state index in [1.54, 1.807) is 0 Å². The molecule has 0 spiro atoms. The molecule has 4 nitrogen and oxygen atoms in total. The second-order valence-corrected chi connectivity index (χ2v) is 8.41. The Morgan fingerprint density at radius 2 is 1.89 bits per heavy atom. The Kier molecular flexibility index (Phi) is 5.79. The van der Waals surface area contributed by atoms with Gasteiger partial charge in [0.15, 0.2) is 0 Å². The van der Waals surface area contributed by atoms with E-state index in [4.69, 9.17) is 0 Å². The van der Waals surface area contributed by atoms with Crippen LogP contribution < -0.4 is 5.56 Å². The summed E-state index contributed by atoms with van der Waals surface area (Å²) in [6.45, 7) is 3.90. The fourth-order valence-electron chi connectivity index (χ4n) is 5.12. The van der Waals surface area contributed by atoms with Crippen LogP contribution in [0.3, 0.4) is 0 Å². The number of aryl methyl sites for hydroxylation is 1. The molecule has 1 aliphatic carbocycles. The molecule has 1 saturated heterocycles. The summed E-state index contributed by atoms with van der Waals surface area (Å²) in [4.78, 5) is 28.8. The number of likely N-dealkylation sites (tertiary alicyclic amines) is 1. The third kappa shape index (κ3) is 3.85. The summed E-state index contributed by atoms with van der Waals surface area (Å²) >= 11 is 0. The van der Waals surface area contributed by atoms with Crippen molar-refractivity contribution >= 4 is 16.8 Å². The standard InChI is InChI=1S/C24H30N2O2/c1-2-18-14-21-15-20(8-9-22(21)25-24(18)28)23(19-6-4-3-5-7-19)26-12-10-17(16-27)11-13-26/h8-9,14-15,19,23H,2-7,10-13H2,1H3,(H,25,28). The molecule has 1 aliphatic heterocycles. The van der Waals surface area contributed by atoms with E-state index in [2.05, 4.69) is 40.1 Å². The van der Waals surface area contributed by atoms with Crippen LogP contribution in [0.5, 0.6) is 0 Å². The number of carbonyl (C=O) groups excluding carboxylic acids is 1. The quantitative estimate of drug-likeness (QED) is 0.793. The summed E-state index contributed by atoms with van der Waals surface area (Å²) in [5.74, 6) is 2.80.